The van der Waals surface area contributed by atoms with Gasteiger partial charge in [-0.1, -0.05) is 26.3 Å². The molecule has 0 saturated heterocycles. The summed E-state index contributed by atoms with van der Waals surface area (Å²) in [7, 11) is 0. The Balaban J connectivity index is 1.79. The van der Waals surface area contributed by atoms with Gasteiger partial charge in [-0.3, -0.25) is 4.79 Å². The third-order valence-corrected chi connectivity index (χ3v) is 5.15. The molecular formula is C22H24F3NO2. The summed E-state index contributed by atoms with van der Waals surface area (Å²) < 4.78 is 43.7. The third kappa shape index (κ3) is 4.32. The summed E-state index contributed by atoms with van der Waals surface area (Å²) in [6.45, 7) is 4.91. The van der Waals surface area contributed by atoms with Gasteiger partial charge >= 0.3 is 6.18 Å². The van der Waals surface area contributed by atoms with Gasteiger partial charge in [0, 0.05) is 18.2 Å². The minimum absolute atomic E-state index is 0.000538. The molecule has 1 aliphatic rings. The molecule has 0 aliphatic carbocycles. The fourth-order valence-corrected chi connectivity index (χ4v) is 3.64. The molecule has 1 aliphatic heterocycles. The SMILES string of the molecule is CCCC(CC)N1CCc2ccc(Oc3ccc(C(F)(F)F)cc3)cc2C1=O. The molecule has 3 rings (SSSR count). The second-order valence-corrected chi connectivity index (χ2v) is 7.04. The summed E-state index contributed by atoms with van der Waals surface area (Å²) in [6.07, 6.45) is -0.682. The van der Waals surface area contributed by atoms with Crippen molar-refractivity contribution in [3.63, 3.8) is 0 Å². The van der Waals surface area contributed by atoms with E-state index >= 15 is 0 Å². The highest BCUT2D eigenvalue weighted by Crippen LogP contribution is 2.32. The van der Waals surface area contributed by atoms with Gasteiger partial charge in [0.05, 0.1) is 5.56 Å². The first kappa shape index (κ1) is 20.2. The highest BCUT2D eigenvalue weighted by Gasteiger charge is 2.30. The number of halogens is 3. The number of rotatable bonds is 6. The molecule has 0 aromatic heterocycles. The topological polar surface area (TPSA) is 29.5 Å². The van der Waals surface area contributed by atoms with Crippen molar-refractivity contribution in [2.24, 2.45) is 0 Å². The van der Waals surface area contributed by atoms with E-state index in [1.54, 1.807) is 12.1 Å². The number of benzene rings is 2. The van der Waals surface area contributed by atoms with Crippen LogP contribution in [0.5, 0.6) is 11.5 Å². The first-order valence-electron chi connectivity index (χ1n) is 9.62. The van der Waals surface area contributed by atoms with E-state index in [-0.39, 0.29) is 11.9 Å². The van der Waals surface area contributed by atoms with Crippen LogP contribution in [0.25, 0.3) is 0 Å². The molecule has 1 amide bonds. The molecule has 150 valence electrons. The molecule has 2 aromatic carbocycles. The Labute approximate surface area is 163 Å². The summed E-state index contributed by atoms with van der Waals surface area (Å²) >= 11 is 0. The van der Waals surface area contributed by atoms with Crippen LogP contribution in [0.15, 0.2) is 42.5 Å². The molecule has 28 heavy (non-hydrogen) atoms. The zero-order valence-electron chi connectivity index (χ0n) is 16.1. The number of fused-ring (bicyclic) bond motifs is 1. The average molecular weight is 391 g/mol. The van der Waals surface area contributed by atoms with Gasteiger partial charge in [-0.05, 0) is 61.2 Å². The molecule has 0 fully saturated rings. The van der Waals surface area contributed by atoms with E-state index in [9.17, 15) is 18.0 Å². The number of hydrogen-bond acceptors (Lipinski definition) is 2. The lowest BCUT2D eigenvalue weighted by atomic mass is 9.95. The molecule has 1 atom stereocenters. The van der Waals surface area contributed by atoms with Crippen LogP contribution in [0.3, 0.4) is 0 Å². The number of amides is 1. The minimum Gasteiger partial charge on any atom is -0.457 e. The molecular weight excluding hydrogens is 367 g/mol. The van der Waals surface area contributed by atoms with Crippen LogP contribution in [-0.2, 0) is 12.6 Å². The highest BCUT2D eigenvalue weighted by molar-refractivity contribution is 5.97. The summed E-state index contributed by atoms with van der Waals surface area (Å²) in [5.41, 5.74) is 0.871. The lowest BCUT2D eigenvalue weighted by Crippen LogP contribution is -2.44. The molecule has 3 nitrogen and oxygen atoms in total. The summed E-state index contributed by atoms with van der Waals surface area (Å²) in [5, 5.41) is 0. The monoisotopic (exact) mass is 391 g/mol. The van der Waals surface area contributed by atoms with Crippen molar-refractivity contribution in [2.45, 2.75) is 51.7 Å². The number of nitrogens with zero attached hydrogens (tertiary/aromatic N) is 1. The number of carbonyl (C=O) groups is 1. The molecule has 0 radical (unpaired) electrons. The maximum Gasteiger partial charge on any atom is 0.416 e. The summed E-state index contributed by atoms with van der Waals surface area (Å²) in [5.74, 6) is 0.738. The Morgan fingerprint density at radius 2 is 1.75 bits per heavy atom. The first-order chi connectivity index (χ1) is 13.3. The Morgan fingerprint density at radius 3 is 2.36 bits per heavy atom. The van der Waals surface area contributed by atoms with Crippen molar-refractivity contribution >= 4 is 5.91 Å². The predicted octanol–water partition coefficient (Wildman–Crippen LogP) is 6.07. The normalized spacial score (nSPS) is 15.3. The number of ether oxygens (including phenoxy) is 1. The molecule has 6 heteroatoms. The van der Waals surface area contributed by atoms with Gasteiger partial charge in [0.2, 0.25) is 0 Å². The van der Waals surface area contributed by atoms with Crippen molar-refractivity contribution in [1.29, 1.82) is 0 Å². The fourth-order valence-electron chi connectivity index (χ4n) is 3.64. The Kier molecular flexibility index (Phi) is 5.96. The van der Waals surface area contributed by atoms with Gasteiger partial charge in [0.15, 0.2) is 0 Å². The Morgan fingerprint density at radius 1 is 1.07 bits per heavy atom. The zero-order valence-corrected chi connectivity index (χ0v) is 16.1. The predicted molar refractivity (Wildman–Crippen MR) is 102 cm³/mol. The van der Waals surface area contributed by atoms with Crippen LogP contribution in [0.2, 0.25) is 0 Å². The second-order valence-electron chi connectivity index (χ2n) is 7.04. The van der Waals surface area contributed by atoms with Crippen molar-refractivity contribution in [3.05, 3.63) is 59.2 Å². The van der Waals surface area contributed by atoms with Crippen LogP contribution in [0, 0.1) is 0 Å². The molecule has 0 bridgehead atoms. The molecule has 0 spiro atoms. The Hall–Kier alpha value is -2.50. The van der Waals surface area contributed by atoms with Crippen LogP contribution in [0.4, 0.5) is 13.2 Å². The lowest BCUT2D eigenvalue weighted by molar-refractivity contribution is -0.137. The van der Waals surface area contributed by atoms with Crippen molar-refractivity contribution in [3.8, 4) is 11.5 Å². The molecule has 1 heterocycles. The highest BCUT2D eigenvalue weighted by atomic mass is 19.4. The van der Waals surface area contributed by atoms with Crippen LogP contribution < -0.4 is 4.74 Å². The maximum absolute atomic E-state index is 13.0. The van der Waals surface area contributed by atoms with Crippen molar-refractivity contribution < 1.29 is 22.7 Å². The van der Waals surface area contributed by atoms with E-state index < -0.39 is 11.7 Å². The average Bonchev–Trinajstić information content (AvgIpc) is 2.67. The smallest absolute Gasteiger partial charge is 0.416 e. The van der Waals surface area contributed by atoms with Gasteiger partial charge in [-0.15, -0.1) is 0 Å². The van der Waals surface area contributed by atoms with Gasteiger partial charge < -0.3 is 9.64 Å². The van der Waals surface area contributed by atoms with E-state index in [4.69, 9.17) is 4.74 Å². The number of hydrogen-bond donors (Lipinski definition) is 0. The van der Waals surface area contributed by atoms with Crippen LogP contribution >= 0.6 is 0 Å². The van der Waals surface area contributed by atoms with E-state index in [0.29, 0.717) is 23.6 Å². The summed E-state index contributed by atoms with van der Waals surface area (Å²) in [4.78, 5) is 14.9. The van der Waals surface area contributed by atoms with Crippen molar-refractivity contribution in [2.75, 3.05) is 6.54 Å². The maximum atomic E-state index is 13.0. The van der Waals surface area contributed by atoms with E-state index in [2.05, 4.69) is 13.8 Å². The van der Waals surface area contributed by atoms with E-state index in [0.717, 1.165) is 43.4 Å². The van der Waals surface area contributed by atoms with Gasteiger partial charge in [-0.25, -0.2) is 0 Å². The first-order valence-corrected chi connectivity index (χ1v) is 9.62. The van der Waals surface area contributed by atoms with Crippen LogP contribution in [-0.4, -0.2) is 23.4 Å². The molecule has 1 unspecified atom stereocenters. The van der Waals surface area contributed by atoms with Crippen molar-refractivity contribution in [1.82, 2.24) is 4.90 Å². The number of alkyl halides is 3. The van der Waals surface area contributed by atoms with E-state index in [1.165, 1.54) is 12.1 Å². The van der Waals surface area contributed by atoms with Gasteiger partial charge in [0.25, 0.3) is 5.91 Å². The largest absolute Gasteiger partial charge is 0.457 e. The fraction of sp³-hybridized carbons (Fsp3) is 0.409. The van der Waals surface area contributed by atoms with Crippen LogP contribution in [0.1, 0.15) is 54.6 Å². The zero-order chi connectivity index (χ0) is 20.3. The third-order valence-electron chi connectivity index (χ3n) is 5.15. The second kappa shape index (κ2) is 8.25. The quantitative estimate of drug-likeness (QED) is 0.598. The number of carbonyl (C=O) groups excluding carboxylic acids is 1. The summed E-state index contributed by atoms with van der Waals surface area (Å²) in [6, 6.07) is 10.1. The minimum atomic E-state index is -4.38. The van der Waals surface area contributed by atoms with Gasteiger partial charge in [0.1, 0.15) is 11.5 Å². The lowest BCUT2D eigenvalue weighted by Gasteiger charge is -2.35. The van der Waals surface area contributed by atoms with Gasteiger partial charge in [-0.2, -0.15) is 13.2 Å². The molecule has 0 saturated carbocycles. The standard InChI is InChI=1S/C22H24F3NO2/c1-3-5-17(4-2)26-13-12-15-6-9-19(14-20(15)21(26)27)28-18-10-7-16(8-11-18)22(23,24)25/h6-11,14,17H,3-5,12-13H2,1-2H3. The van der Waals surface area contributed by atoms with E-state index in [1.807, 2.05) is 11.0 Å². The Bertz CT molecular complexity index is 831. The molecule has 0 N–H and O–H groups in total. The molecule has 2 aromatic rings.